The topological polar surface area (TPSA) is 59.0 Å². The molecule has 2 N–H and O–H groups in total. The Labute approximate surface area is 203 Å². The van der Waals surface area contributed by atoms with Gasteiger partial charge in [-0.3, -0.25) is 4.99 Å². The molecule has 0 aromatic carbocycles. The highest BCUT2D eigenvalue weighted by Crippen LogP contribution is 2.20. The predicted octanol–water partition coefficient (Wildman–Crippen LogP) is 2.25. The van der Waals surface area contributed by atoms with Crippen molar-refractivity contribution in [2.24, 2.45) is 10.9 Å². The van der Waals surface area contributed by atoms with Crippen LogP contribution in [0.5, 0.6) is 0 Å². The van der Waals surface area contributed by atoms with E-state index in [4.69, 9.17) is 4.99 Å². The molecule has 3 rings (SSSR count). The van der Waals surface area contributed by atoms with Crippen molar-refractivity contribution in [3.63, 3.8) is 0 Å². The summed E-state index contributed by atoms with van der Waals surface area (Å²) in [6.45, 7) is 16.6. The maximum absolute atomic E-state index is 14.0. The number of hydrogen-bond donors (Lipinski definition) is 2. The van der Waals surface area contributed by atoms with Crippen molar-refractivity contribution in [1.29, 1.82) is 0 Å². The first-order valence-electron chi connectivity index (χ1n) is 11.4. The zero-order valence-electron chi connectivity index (χ0n) is 19.2. The standard InChI is InChI=1S/C22H38FN7.HI/c1-4-24-22(26-15-18(3)16-29-13-11-28(5-2)12-14-29)27-19-8-10-30(17-19)21-20(23)7-6-9-25-21;/h6-7,9,18-19H,4-5,8,10-17H2,1-3H3,(H2,24,26,27);1H. The number of likely N-dealkylation sites (N-methyl/N-ethyl adjacent to an activating group) is 1. The molecular formula is C22H39FIN7. The summed E-state index contributed by atoms with van der Waals surface area (Å²) in [6, 6.07) is 3.34. The van der Waals surface area contributed by atoms with E-state index in [1.807, 2.05) is 4.90 Å². The van der Waals surface area contributed by atoms with Crippen LogP contribution in [0.4, 0.5) is 10.2 Å². The van der Waals surface area contributed by atoms with E-state index in [0.29, 0.717) is 11.7 Å². The van der Waals surface area contributed by atoms with Gasteiger partial charge in [0.2, 0.25) is 0 Å². The molecule has 176 valence electrons. The molecule has 2 aliphatic rings. The van der Waals surface area contributed by atoms with E-state index < -0.39 is 0 Å². The van der Waals surface area contributed by atoms with Crippen LogP contribution in [0.1, 0.15) is 27.2 Å². The SMILES string of the molecule is CCNC(=NCC(C)CN1CCN(CC)CC1)NC1CCN(c2ncccc2F)C1.I. The first kappa shape index (κ1) is 26.1. The fourth-order valence-corrected chi connectivity index (χ4v) is 4.23. The van der Waals surface area contributed by atoms with Crippen molar-refractivity contribution >= 4 is 35.8 Å². The Kier molecular flexibility index (Phi) is 11.2. The second kappa shape index (κ2) is 13.4. The minimum absolute atomic E-state index is 0. The molecule has 1 aromatic rings. The third-order valence-corrected chi connectivity index (χ3v) is 5.95. The van der Waals surface area contributed by atoms with Gasteiger partial charge in [-0.1, -0.05) is 13.8 Å². The summed E-state index contributed by atoms with van der Waals surface area (Å²) in [7, 11) is 0. The smallest absolute Gasteiger partial charge is 0.191 e. The highest BCUT2D eigenvalue weighted by molar-refractivity contribution is 14.0. The van der Waals surface area contributed by atoms with Gasteiger partial charge in [-0.25, -0.2) is 9.37 Å². The van der Waals surface area contributed by atoms with Gasteiger partial charge in [0.1, 0.15) is 0 Å². The molecule has 0 saturated carbocycles. The van der Waals surface area contributed by atoms with Gasteiger partial charge in [-0.05, 0) is 37.9 Å². The molecule has 7 nitrogen and oxygen atoms in total. The molecule has 9 heteroatoms. The van der Waals surface area contributed by atoms with Gasteiger partial charge in [0, 0.05) is 71.1 Å². The molecule has 2 aliphatic heterocycles. The van der Waals surface area contributed by atoms with E-state index in [9.17, 15) is 4.39 Å². The minimum atomic E-state index is -0.257. The van der Waals surface area contributed by atoms with Gasteiger partial charge in [0.15, 0.2) is 17.6 Å². The molecule has 2 unspecified atom stereocenters. The second-order valence-electron chi connectivity index (χ2n) is 8.44. The molecular weight excluding hydrogens is 508 g/mol. The maximum Gasteiger partial charge on any atom is 0.191 e. The number of piperazine rings is 1. The molecule has 0 aliphatic carbocycles. The van der Waals surface area contributed by atoms with E-state index in [2.05, 4.69) is 46.2 Å². The molecule has 1 aromatic heterocycles. The summed E-state index contributed by atoms with van der Waals surface area (Å²) >= 11 is 0. The number of anilines is 1. The monoisotopic (exact) mass is 547 g/mol. The summed E-state index contributed by atoms with van der Waals surface area (Å²) in [5, 5.41) is 6.89. The van der Waals surface area contributed by atoms with Crippen molar-refractivity contribution in [3.05, 3.63) is 24.1 Å². The van der Waals surface area contributed by atoms with Gasteiger partial charge in [0.05, 0.1) is 0 Å². The normalized spacial score (nSPS) is 21.6. The number of hydrogen-bond acceptors (Lipinski definition) is 5. The molecule has 2 fully saturated rings. The molecule has 31 heavy (non-hydrogen) atoms. The average Bonchev–Trinajstić information content (AvgIpc) is 3.21. The highest BCUT2D eigenvalue weighted by Gasteiger charge is 2.26. The largest absolute Gasteiger partial charge is 0.357 e. The Morgan fingerprint density at radius 1 is 1.23 bits per heavy atom. The van der Waals surface area contributed by atoms with Crippen molar-refractivity contribution in [2.45, 2.75) is 33.2 Å². The zero-order chi connectivity index (χ0) is 21.3. The maximum atomic E-state index is 14.0. The van der Waals surface area contributed by atoms with Crippen molar-refractivity contribution in [1.82, 2.24) is 25.4 Å². The lowest BCUT2D eigenvalue weighted by atomic mass is 10.1. The Bertz CT molecular complexity index is 682. The first-order chi connectivity index (χ1) is 14.6. The summed E-state index contributed by atoms with van der Waals surface area (Å²) in [5.74, 6) is 1.55. The third kappa shape index (κ3) is 8.02. The molecule has 3 heterocycles. The van der Waals surface area contributed by atoms with Crippen molar-refractivity contribution in [3.8, 4) is 0 Å². The molecule has 2 atom stereocenters. The van der Waals surface area contributed by atoms with Crippen LogP contribution in [-0.2, 0) is 0 Å². The average molecular weight is 548 g/mol. The van der Waals surface area contributed by atoms with E-state index >= 15 is 0 Å². The molecule has 0 bridgehead atoms. The molecule has 0 amide bonds. The summed E-state index contributed by atoms with van der Waals surface area (Å²) < 4.78 is 14.0. The number of rotatable bonds is 8. The minimum Gasteiger partial charge on any atom is -0.357 e. The number of pyridine rings is 1. The number of halogens is 2. The summed E-state index contributed by atoms with van der Waals surface area (Å²) in [4.78, 5) is 16.1. The number of aliphatic imine (C=N–C) groups is 1. The van der Waals surface area contributed by atoms with Gasteiger partial charge in [-0.2, -0.15) is 0 Å². The van der Waals surface area contributed by atoms with E-state index in [-0.39, 0.29) is 35.8 Å². The fourth-order valence-electron chi connectivity index (χ4n) is 4.23. The number of guanidine groups is 1. The van der Waals surface area contributed by atoms with E-state index in [1.54, 1.807) is 12.3 Å². The lowest BCUT2D eigenvalue weighted by Crippen LogP contribution is -2.47. The number of nitrogens with zero attached hydrogens (tertiary/aromatic N) is 5. The van der Waals surface area contributed by atoms with Gasteiger partial charge in [0.25, 0.3) is 0 Å². The van der Waals surface area contributed by atoms with Crippen LogP contribution in [0, 0.1) is 11.7 Å². The third-order valence-electron chi connectivity index (χ3n) is 5.95. The molecule has 2 saturated heterocycles. The summed E-state index contributed by atoms with van der Waals surface area (Å²) in [5.41, 5.74) is 0. The predicted molar refractivity (Wildman–Crippen MR) is 137 cm³/mol. The van der Waals surface area contributed by atoms with Crippen LogP contribution < -0.4 is 15.5 Å². The molecule has 0 spiro atoms. The Morgan fingerprint density at radius 3 is 2.65 bits per heavy atom. The lowest BCUT2D eigenvalue weighted by molar-refractivity contribution is 0.125. The van der Waals surface area contributed by atoms with Gasteiger partial charge >= 0.3 is 0 Å². The van der Waals surface area contributed by atoms with Crippen LogP contribution >= 0.6 is 24.0 Å². The zero-order valence-corrected chi connectivity index (χ0v) is 21.5. The number of nitrogens with one attached hydrogen (secondary N) is 2. The van der Waals surface area contributed by atoms with Crippen LogP contribution in [0.3, 0.4) is 0 Å². The van der Waals surface area contributed by atoms with Gasteiger partial charge < -0.3 is 25.3 Å². The Balaban J connectivity index is 0.00000341. The van der Waals surface area contributed by atoms with Crippen LogP contribution in [0.25, 0.3) is 0 Å². The van der Waals surface area contributed by atoms with E-state index in [1.165, 1.54) is 19.2 Å². The van der Waals surface area contributed by atoms with Crippen LogP contribution in [0.15, 0.2) is 23.3 Å². The Morgan fingerprint density at radius 2 is 1.97 bits per heavy atom. The fraction of sp³-hybridized carbons (Fsp3) is 0.727. The lowest BCUT2D eigenvalue weighted by Gasteiger charge is -2.35. The van der Waals surface area contributed by atoms with Crippen molar-refractivity contribution in [2.75, 3.05) is 70.3 Å². The first-order valence-corrected chi connectivity index (χ1v) is 11.4. The summed E-state index contributed by atoms with van der Waals surface area (Å²) in [6.07, 6.45) is 2.59. The number of aromatic nitrogens is 1. The van der Waals surface area contributed by atoms with Gasteiger partial charge in [-0.15, -0.1) is 24.0 Å². The van der Waals surface area contributed by atoms with Crippen molar-refractivity contribution < 1.29 is 4.39 Å². The molecule has 0 radical (unpaired) electrons. The van der Waals surface area contributed by atoms with Crippen LogP contribution in [0.2, 0.25) is 0 Å². The quantitative estimate of drug-likeness (QED) is 0.296. The van der Waals surface area contributed by atoms with Crippen LogP contribution in [-0.4, -0.2) is 92.2 Å². The second-order valence-corrected chi connectivity index (χ2v) is 8.44. The highest BCUT2D eigenvalue weighted by atomic mass is 127. The Hall–Kier alpha value is -1.20. The van der Waals surface area contributed by atoms with E-state index in [0.717, 1.165) is 64.7 Å².